The Kier molecular flexibility index (Phi) is 2.50. The molecule has 0 saturated carbocycles. The van der Waals surface area contributed by atoms with Crippen molar-refractivity contribution >= 4 is 11.9 Å². The van der Waals surface area contributed by atoms with Crippen LogP contribution in [-0.4, -0.2) is 27.7 Å². The van der Waals surface area contributed by atoms with Gasteiger partial charge in [-0.3, -0.25) is 9.59 Å². The van der Waals surface area contributed by atoms with Crippen molar-refractivity contribution in [3.05, 3.63) is 11.1 Å². The topological polar surface area (TPSA) is 101 Å². The summed E-state index contributed by atoms with van der Waals surface area (Å²) >= 11 is 0. The number of carboxylic acid groups (broad SMARTS) is 2. The lowest BCUT2D eigenvalue weighted by molar-refractivity contribution is -0.143. The van der Waals surface area contributed by atoms with E-state index in [9.17, 15) is 9.59 Å². The maximum absolute atomic E-state index is 11.0. The van der Waals surface area contributed by atoms with Gasteiger partial charge in [-0.25, -0.2) is 0 Å². The average Bonchev–Trinajstić information content (AvgIpc) is 2.54. The first kappa shape index (κ1) is 11.1. The van der Waals surface area contributed by atoms with E-state index in [1.54, 1.807) is 0 Å². The summed E-state index contributed by atoms with van der Waals surface area (Å²) in [5, 5.41) is 18.0. The van der Waals surface area contributed by atoms with Crippen LogP contribution in [0.15, 0.2) is 11.1 Å². The summed E-state index contributed by atoms with van der Waals surface area (Å²) in [6, 6.07) is 0. The molecule has 2 unspecified atom stereocenters. The number of hydrogen-bond donors (Lipinski definition) is 3. The lowest BCUT2D eigenvalue weighted by Crippen LogP contribution is -2.45. The van der Waals surface area contributed by atoms with Crippen LogP contribution in [0.4, 0.5) is 0 Å². The molecule has 0 spiro atoms. The monoisotopic (exact) mass is 225 g/mol. The van der Waals surface area contributed by atoms with Gasteiger partial charge in [0.05, 0.1) is 5.92 Å². The molecule has 0 aromatic carbocycles. The Morgan fingerprint density at radius 1 is 1.25 bits per heavy atom. The van der Waals surface area contributed by atoms with Crippen molar-refractivity contribution in [3.8, 4) is 0 Å². The third-order valence-electron chi connectivity index (χ3n) is 3.62. The first-order valence-corrected chi connectivity index (χ1v) is 5.37. The Bertz CT molecular complexity index is 387. The summed E-state index contributed by atoms with van der Waals surface area (Å²) < 4.78 is 0. The molecular formula is C11H15NO4. The van der Waals surface area contributed by atoms with Gasteiger partial charge in [0.15, 0.2) is 0 Å². The van der Waals surface area contributed by atoms with Crippen molar-refractivity contribution in [2.24, 2.45) is 11.7 Å². The molecule has 0 fully saturated rings. The Balaban J connectivity index is 2.13. The van der Waals surface area contributed by atoms with E-state index in [4.69, 9.17) is 15.9 Å². The summed E-state index contributed by atoms with van der Waals surface area (Å²) in [6.45, 7) is 0. The van der Waals surface area contributed by atoms with Crippen LogP contribution in [0, 0.1) is 5.92 Å². The van der Waals surface area contributed by atoms with Crippen molar-refractivity contribution in [1.29, 1.82) is 0 Å². The third kappa shape index (κ3) is 1.71. The zero-order valence-corrected chi connectivity index (χ0v) is 8.90. The number of hydrogen-bond acceptors (Lipinski definition) is 3. The second-order valence-corrected chi connectivity index (χ2v) is 4.80. The fraction of sp³-hybridized carbons (Fsp3) is 0.636. The number of nitrogens with two attached hydrogens (primary N) is 1. The first-order chi connectivity index (χ1) is 7.42. The van der Waals surface area contributed by atoms with Gasteiger partial charge in [-0.2, -0.15) is 0 Å². The highest BCUT2D eigenvalue weighted by molar-refractivity contribution is 5.81. The highest BCUT2D eigenvalue weighted by Crippen LogP contribution is 2.43. The minimum absolute atomic E-state index is 0.307. The van der Waals surface area contributed by atoms with Crippen LogP contribution in [0.25, 0.3) is 0 Å². The largest absolute Gasteiger partial charge is 0.481 e. The summed E-state index contributed by atoms with van der Waals surface area (Å²) in [4.78, 5) is 21.9. The molecule has 4 N–H and O–H groups in total. The number of carbonyl (C=O) groups is 2. The minimum Gasteiger partial charge on any atom is -0.481 e. The molecule has 0 aromatic heterocycles. The van der Waals surface area contributed by atoms with Gasteiger partial charge in [0, 0.05) is 0 Å². The molecule has 2 aliphatic carbocycles. The molecule has 88 valence electrons. The average molecular weight is 225 g/mol. The predicted molar refractivity (Wildman–Crippen MR) is 55.8 cm³/mol. The Labute approximate surface area is 92.9 Å². The lowest BCUT2D eigenvalue weighted by Gasteiger charge is -2.20. The van der Waals surface area contributed by atoms with Gasteiger partial charge in [-0.1, -0.05) is 11.1 Å². The zero-order valence-electron chi connectivity index (χ0n) is 8.90. The van der Waals surface area contributed by atoms with Gasteiger partial charge in [0.25, 0.3) is 0 Å². The maximum atomic E-state index is 11.0. The van der Waals surface area contributed by atoms with E-state index >= 15 is 0 Å². The van der Waals surface area contributed by atoms with E-state index in [0.29, 0.717) is 32.1 Å². The van der Waals surface area contributed by atoms with E-state index in [2.05, 4.69) is 0 Å². The predicted octanol–water partition coefficient (Wildman–Crippen LogP) is 0.744. The molecule has 5 nitrogen and oxygen atoms in total. The SMILES string of the molecule is NC1(C(=O)O)CC2=C(CC(C(=O)O)CC2)C1. The molecular weight excluding hydrogens is 210 g/mol. The Hall–Kier alpha value is -1.36. The smallest absolute Gasteiger partial charge is 0.324 e. The third-order valence-corrected chi connectivity index (χ3v) is 3.62. The van der Waals surface area contributed by atoms with Crippen LogP contribution in [-0.2, 0) is 9.59 Å². The first-order valence-electron chi connectivity index (χ1n) is 5.37. The van der Waals surface area contributed by atoms with Crippen LogP contribution in [0.2, 0.25) is 0 Å². The van der Waals surface area contributed by atoms with Crippen molar-refractivity contribution in [1.82, 2.24) is 0 Å². The van der Waals surface area contributed by atoms with E-state index in [0.717, 1.165) is 11.1 Å². The van der Waals surface area contributed by atoms with Crippen molar-refractivity contribution in [3.63, 3.8) is 0 Å². The molecule has 0 bridgehead atoms. The van der Waals surface area contributed by atoms with E-state index in [1.807, 2.05) is 0 Å². The van der Waals surface area contributed by atoms with E-state index < -0.39 is 17.5 Å². The molecule has 0 heterocycles. The Morgan fingerprint density at radius 3 is 2.44 bits per heavy atom. The molecule has 16 heavy (non-hydrogen) atoms. The van der Waals surface area contributed by atoms with E-state index in [1.165, 1.54) is 0 Å². The van der Waals surface area contributed by atoms with Gasteiger partial charge >= 0.3 is 11.9 Å². The zero-order chi connectivity index (χ0) is 11.9. The number of carboxylic acids is 2. The van der Waals surface area contributed by atoms with Crippen molar-refractivity contribution in [2.45, 2.75) is 37.6 Å². The van der Waals surface area contributed by atoms with Gasteiger partial charge < -0.3 is 15.9 Å². The Morgan fingerprint density at radius 2 is 1.88 bits per heavy atom. The molecule has 2 aliphatic rings. The molecule has 5 heteroatoms. The van der Waals surface area contributed by atoms with Crippen LogP contribution in [0.5, 0.6) is 0 Å². The van der Waals surface area contributed by atoms with Crippen LogP contribution >= 0.6 is 0 Å². The quantitative estimate of drug-likeness (QED) is 0.602. The fourth-order valence-electron chi connectivity index (χ4n) is 2.67. The summed E-state index contributed by atoms with van der Waals surface area (Å²) in [5.41, 5.74) is 6.63. The molecule has 0 radical (unpaired) electrons. The lowest BCUT2D eigenvalue weighted by atomic mass is 9.85. The fourth-order valence-corrected chi connectivity index (χ4v) is 2.67. The van der Waals surface area contributed by atoms with Crippen molar-refractivity contribution in [2.75, 3.05) is 0 Å². The molecule has 0 amide bonds. The van der Waals surface area contributed by atoms with Crippen molar-refractivity contribution < 1.29 is 19.8 Å². The highest BCUT2D eigenvalue weighted by Gasteiger charge is 2.43. The second-order valence-electron chi connectivity index (χ2n) is 4.80. The van der Waals surface area contributed by atoms with Gasteiger partial charge in [0.2, 0.25) is 0 Å². The van der Waals surface area contributed by atoms with Gasteiger partial charge in [0.1, 0.15) is 5.54 Å². The number of aliphatic carboxylic acids is 2. The maximum Gasteiger partial charge on any atom is 0.324 e. The normalized spacial score (nSPS) is 33.7. The summed E-state index contributed by atoms with van der Waals surface area (Å²) in [6.07, 6.45) is 2.44. The molecule has 0 aromatic rings. The van der Waals surface area contributed by atoms with Crippen LogP contribution < -0.4 is 5.73 Å². The minimum atomic E-state index is -1.20. The standard InChI is InChI=1S/C11H15NO4/c12-11(10(15)16)4-7-2-1-6(9(13)14)3-8(7)5-11/h6H,1-5,12H2,(H,13,14)(H,15,16). The second kappa shape index (κ2) is 3.59. The highest BCUT2D eigenvalue weighted by atomic mass is 16.4. The summed E-state index contributed by atoms with van der Waals surface area (Å²) in [5.74, 6) is -2.15. The molecule has 0 saturated heterocycles. The van der Waals surface area contributed by atoms with Gasteiger partial charge in [-0.05, 0) is 32.1 Å². The number of rotatable bonds is 2. The van der Waals surface area contributed by atoms with Crippen LogP contribution in [0.3, 0.4) is 0 Å². The summed E-state index contributed by atoms with van der Waals surface area (Å²) in [7, 11) is 0. The van der Waals surface area contributed by atoms with Gasteiger partial charge in [-0.15, -0.1) is 0 Å². The van der Waals surface area contributed by atoms with E-state index in [-0.39, 0.29) is 5.92 Å². The molecule has 0 aliphatic heterocycles. The van der Waals surface area contributed by atoms with Crippen LogP contribution in [0.1, 0.15) is 32.1 Å². The molecule has 2 rings (SSSR count). The molecule has 2 atom stereocenters.